The van der Waals surface area contributed by atoms with Crippen molar-refractivity contribution in [2.75, 3.05) is 5.75 Å². The van der Waals surface area contributed by atoms with E-state index in [2.05, 4.69) is 36.4 Å². The van der Waals surface area contributed by atoms with E-state index in [0.29, 0.717) is 5.16 Å². The maximum absolute atomic E-state index is 12.0. The number of carbonyl (C=O) groups is 1. The van der Waals surface area contributed by atoms with Crippen molar-refractivity contribution in [1.29, 1.82) is 0 Å². The van der Waals surface area contributed by atoms with Gasteiger partial charge < -0.3 is 4.57 Å². The van der Waals surface area contributed by atoms with Crippen molar-refractivity contribution >= 4 is 39.8 Å². The van der Waals surface area contributed by atoms with Crippen LogP contribution in [0.3, 0.4) is 0 Å². The number of benzene rings is 1. The number of carbonyl (C=O) groups excluding carboxylic acids is 1. The standard InChI is InChI=1S/C19H18BrN5OS/c1-13-10-14(2)23-19(22-13)27-12-18(26)24-21-11-17-4-3-9-25(17)16-7-5-15(20)6-8-16/h3-11H,12H2,1-2H3,(H,24,26)/b21-11-. The summed E-state index contributed by atoms with van der Waals surface area (Å²) in [5.74, 6) is -0.00529. The molecule has 0 aliphatic carbocycles. The zero-order valence-electron chi connectivity index (χ0n) is 14.9. The SMILES string of the molecule is Cc1cc(C)nc(SCC(=O)N/N=C\c2cccn2-c2ccc(Br)cc2)n1. The van der Waals surface area contributed by atoms with Gasteiger partial charge in [0, 0.05) is 27.7 Å². The van der Waals surface area contributed by atoms with Crippen molar-refractivity contribution in [2.24, 2.45) is 5.10 Å². The normalized spacial score (nSPS) is 11.1. The molecule has 0 saturated carbocycles. The van der Waals surface area contributed by atoms with Crippen molar-refractivity contribution in [3.05, 3.63) is 70.2 Å². The van der Waals surface area contributed by atoms with Crippen molar-refractivity contribution in [3.8, 4) is 5.69 Å². The Kier molecular flexibility index (Phi) is 6.41. The molecule has 6 nitrogen and oxygen atoms in total. The minimum atomic E-state index is -0.208. The summed E-state index contributed by atoms with van der Waals surface area (Å²) in [5, 5.41) is 4.65. The van der Waals surface area contributed by atoms with Crippen LogP contribution in [0.2, 0.25) is 0 Å². The highest BCUT2D eigenvalue weighted by Crippen LogP contribution is 2.16. The molecule has 0 fully saturated rings. The largest absolute Gasteiger partial charge is 0.316 e. The fourth-order valence-electron chi connectivity index (χ4n) is 2.43. The molecule has 2 aromatic heterocycles. The Morgan fingerprint density at radius 2 is 1.93 bits per heavy atom. The Morgan fingerprint density at radius 3 is 2.63 bits per heavy atom. The van der Waals surface area contributed by atoms with E-state index in [1.54, 1.807) is 6.21 Å². The van der Waals surface area contributed by atoms with E-state index < -0.39 is 0 Å². The molecular formula is C19H18BrN5OS. The first kappa shape index (κ1) is 19.3. The van der Waals surface area contributed by atoms with Gasteiger partial charge in [-0.15, -0.1) is 0 Å². The molecule has 0 aliphatic heterocycles. The predicted molar refractivity (Wildman–Crippen MR) is 111 cm³/mol. The number of thioether (sulfide) groups is 1. The summed E-state index contributed by atoms with van der Waals surface area (Å²) in [6.07, 6.45) is 3.57. The van der Waals surface area contributed by atoms with Crippen LogP contribution in [0.5, 0.6) is 0 Å². The summed E-state index contributed by atoms with van der Waals surface area (Å²) < 4.78 is 3.01. The van der Waals surface area contributed by atoms with Gasteiger partial charge in [-0.3, -0.25) is 4.79 Å². The van der Waals surface area contributed by atoms with Gasteiger partial charge in [-0.1, -0.05) is 27.7 Å². The molecule has 1 N–H and O–H groups in total. The first-order chi connectivity index (χ1) is 13.0. The maximum atomic E-state index is 12.0. The molecule has 0 aliphatic rings. The number of rotatable bonds is 6. The van der Waals surface area contributed by atoms with Gasteiger partial charge in [-0.25, -0.2) is 15.4 Å². The molecule has 1 aromatic carbocycles. The van der Waals surface area contributed by atoms with Crippen molar-refractivity contribution in [1.82, 2.24) is 20.0 Å². The molecule has 0 saturated heterocycles. The van der Waals surface area contributed by atoms with Crippen LogP contribution >= 0.6 is 27.7 Å². The highest BCUT2D eigenvalue weighted by molar-refractivity contribution is 9.10. The monoisotopic (exact) mass is 443 g/mol. The number of amides is 1. The van der Waals surface area contributed by atoms with Gasteiger partial charge in [0.1, 0.15) is 0 Å². The summed E-state index contributed by atoms with van der Waals surface area (Å²) >= 11 is 4.72. The summed E-state index contributed by atoms with van der Waals surface area (Å²) in [7, 11) is 0. The van der Waals surface area contributed by atoms with Gasteiger partial charge in [-0.05, 0) is 56.3 Å². The van der Waals surface area contributed by atoms with Crippen LogP contribution in [0.1, 0.15) is 17.1 Å². The quantitative estimate of drug-likeness (QED) is 0.271. The van der Waals surface area contributed by atoms with Crippen LogP contribution in [-0.4, -0.2) is 32.4 Å². The number of halogens is 1. The lowest BCUT2D eigenvalue weighted by Crippen LogP contribution is -2.20. The zero-order chi connectivity index (χ0) is 19.2. The predicted octanol–water partition coefficient (Wildman–Crippen LogP) is 3.89. The van der Waals surface area contributed by atoms with E-state index in [4.69, 9.17) is 0 Å². The smallest absolute Gasteiger partial charge is 0.250 e. The van der Waals surface area contributed by atoms with Crippen LogP contribution in [0.4, 0.5) is 0 Å². The van der Waals surface area contributed by atoms with Crippen LogP contribution < -0.4 is 5.43 Å². The lowest BCUT2D eigenvalue weighted by atomic mass is 10.3. The van der Waals surface area contributed by atoms with Crippen molar-refractivity contribution < 1.29 is 4.79 Å². The summed E-state index contributed by atoms with van der Waals surface area (Å²) in [6, 6.07) is 13.7. The zero-order valence-corrected chi connectivity index (χ0v) is 17.3. The molecule has 0 spiro atoms. The Labute approximate surface area is 170 Å². The number of nitrogens with zero attached hydrogens (tertiary/aromatic N) is 4. The summed E-state index contributed by atoms with van der Waals surface area (Å²) in [4.78, 5) is 20.6. The molecule has 3 rings (SSSR count). The van der Waals surface area contributed by atoms with E-state index in [0.717, 1.165) is 27.2 Å². The molecule has 2 heterocycles. The first-order valence-electron chi connectivity index (χ1n) is 8.21. The van der Waals surface area contributed by atoms with E-state index in [-0.39, 0.29) is 11.7 Å². The van der Waals surface area contributed by atoms with Crippen LogP contribution in [-0.2, 0) is 4.79 Å². The molecule has 0 atom stereocenters. The highest BCUT2D eigenvalue weighted by atomic mass is 79.9. The Bertz CT molecular complexity index is 948. The fraction of sp³-hybridized carbons (Fsp3) is 0.158. The van der Waals surface area contributed by atoms with E-state index in [1.807, 2.05) is 67.1 Å². The third-order valence-corrected chi connectivity index (χ3v) is 4.94. The highest BCUT2D eigenvalue weighted by Gasteiger charge is 2.06. The van der Waals surface area contributed by atoms with E-state index >= 15 is 0 Å². The second-order valence-electron chi connectivity index (χ2n) is 5.79. The second kappa shape index (κ2) is 8.96. The van der Waals surface area contributed by atoms with Gasteiger partial charge in [0.15, 0.2) is 5.16 Å². The average Bonchev–Trinajstić information content (AvgIpc) is 3.08. The number of hydrazone groups is 1. The van der Waals surface area contributed by atoms with E-state index in [9.17, 15) is 4.79 Å². The second-order valence-corrected chi connectivity index (χ2v) is 7.65. The van der Waals surface area contributed by atoms with Gasteiger partial charge in [0.25, 0.3) is 5.91 Å². The molecular weight excluding hydrogens is 426 g/mol. The van der Waals surface area contributed by atoms with E-state index in [1.165, 1.54) is 11.8 Å². The third kappa shape index (κ3) is 5.51. The summed E-state index contributed by atoms with van der Waals surface area (Å²) in [5.41, 5.74) is 6.19. The lowest BCUT2D eigenvalue weighted by Gasteiger charge is -2.06. The number of aryl methyl sites for hydroxylation is 2. The molecule has 3 aromatic rings. The molecule has 8 heteroatoms. The van der Waals surface area contributed by atoms with Crippen LogP contribution in [0.25, 0.3) is 5.69 Å². The molecule has 0 radical (unpaired) electrons. The maximum Gasteiger partial charge on any atom is 0.250 e. The van der Waals surface area contributed by atoms with Gasteiger partial charge in [0.2, 0.25) is 0 Å². The Hall–Kier alpha value is -2.45. The first-order valence-corrected chi connectivity index (χ1v) is 9.99. The fourth-order valence-corrected chi connectivity index (χ4v) is 3.43. The number of hydrogen-bond donors (Lipinski definition) is 1. The molecule has 138 valence electrons. The summed E-state index contributed by atoms with van der Waals surface area (Å²) in [6.45, 7) is 3.81. The molecule has 0 unspecified atom stereocenters. The Morgan fingerprint density at radius 1 is 1.22 bits per heavy atom. The van der Waals surface area contributed by atoms with Gasteiger partial charge >= 0.3 is 0 Å². The third-order valence-electron chi connectivity index (χ3n) is 3.57. The molecule has 1 amide bonds. The van der Waals surface area contributed by atoms with Gasteiger partial charge in [0.05, 0.1) is 17.7 Å². The van der Waals surface area contributed by atoms with Crippen LogP contribution in [0.15, 0.2) is 63.4 Å². The average molecular weight is 444 g/mol. The minimum absolute atomic E-state index is 0.202. The van der Waals surface area contributed by atoms with Crippen molar-refractivity contribution in [2.45, 2.75) is 19.0 Å². The number of nitrogens with one attached hydrogen (secondary N) is 1. The number of hydrogen-bond acceptors (Lipinski definition) is 5. The molecule has 27 heavy (non-hydrogen) atoms. The van der Waals surface area contributed by atoms with Crippen LogP contribution in [0, 0.1) is 13.8 Å². The Balaban J connectivity index is 1.57. The van der Waals surface area contributed by atoms with Crippen molar-refractivity contribution in [3.63, 3.8) is 0 Å². The molecule has 0 bridgehead atoms. The number of aromatic nitrogens is 3. The topological polar surface area (TPSA) is 72.2 Å². The lowest BCUT2D eigenvalue weighted by molar-refractivity contribution is -0.118. The minimum Gasteiger partial charge on any atom is -0.316 e. The van der Waals surface area contributed by atoms with Gasteiger partial charge in [-0.2, -0.15) is 5.10 Å².